The van der Waals surface area contributed by atoms with E-state index >= 15 is 0 Å². The summed E-state index contributed by atoms with van der Waals surface area (Å²) >= 11 is 0. The van der Waals surface area contributed by atoms with Crippen LogP contribution in [0.3, 0.4) is 0 Å². The number of amides is 2. The number of nitrogens with zero attached hydrogens (tertiary/aromatic N) is 5. The molecule has 0 saturated carbocycles. The van der Waals surface area contributed by atoms with Gasteiger partial charge in [-0.3, -0.25) is 29.7 Å². The zero-order valence-electron chi connectivity index (χ0n) is 23.5. The van der Waals surface area contributed by atoms with E-state index in [1.807, 2.05) is 62.3 Å². The number of halogens is 2. The highest BCUT2D eigenvalue weighted by Gasteiger charge is 2.19. The second kappa shape index (κ2) is 15.3. The fraction of sp³-hybridized carbons (Fsp3) is 0.214. The average Bonchev–Trinajstić information content (AvgIpc) is 2.90. The lowest BCUT2D eigenvalue weighted by atomic mass is 10.1. The Morgan fingerprint density at radius 3 is 1.27 bits per heavy atom. The number of nitro groups is 1. The second-order valence-electron chi connectivity index (χ2n) is 8.97. The van der Waals surface area contributed by atoms with Gasteiger partial charge < -0.3 is 20.4 Å². The summed E-state index contributed by atoms with van der Waals surface area (Å²) in [4.78, 5) is 49.1. The Labute approximate surface area is 251 Å². The Morgan fingerprint density at radius 2 is 1.00 bits per heavy atom. The first-order valence-electron chi connectivity index (χ1n) is 11.9. The molecule has 0 aliphatic heterocycles. The van der Waals surface area contributed by atoms with E-state index in [1.54, 1.807) is 38.4 Å². The molecule has 0 saturated heterocycles. The first-order valence-corrected chi connectivity index (χ1v) is 11.9. The van der Waals surface area contributed by atoms with Crippen LogP contribution in [0.2, 0.25) is 0 Å². The fourth-order valence-corrected chi connectivity index (χ4v) is 3.97. The van der Waals surface area contributed by atoms with E-state index in [0.717, 1.165) is 34.9 Å². The highest BCUT2D eigenvalue weighted by Crippen LogP contribution is 2.21. The predicted molar refractivity (Wildman–Crippen MR) is 169 cm³/mol. The van der Waals surface area contributed by atoms with Gasteiger partial charge in [0.05, 0.1) is 4.92 Å². The van der Waals surface area contributed by atoms with E-state index in [0.29, 0.717) is 11.4 Å². The number of non-ortho nitro benzene ring substituents is 1. The average molecular weight is 603 g/mol. The van der Waals surface area contributed by atoms with Gasteiger partial charge in [-0.2, -0.15) is 0 Å². The van der Waals surface area contributed by atoms with Gasteiger partial charge in [0, 0.05) is 88.0 Å². The van der Waals surface area contributed by atoms with Crippen molar-refractivity contribution in [2.75, 3.05) is 52.9 Å². The molecule has 11 nitrogen and oxygen atoms in total. The predicted octanol–water partition coefficient (Wildman–Crippen LogP) is 4.82. The van der Waals surface area contributed by atoms with Gasteiger partial charge >= 0.3 is 0 Å². The monoisotopic (exact) mass is 601 g/mol. The molecule has 0 atom stereocenters. The highest BCUT2D eigenvalue weighted by atomic mass is 35.5. The molecule has 0 unspecified atom stereocenters. The Hall–Kier alpha value is -4.48. The number of nitrogens with one attached hydrogen (secondary N) is 2. The molecule has 0 aromatic heterocycles. The summed E-state index contributed by atoms with van der Waals surface area (Å²) in [5.74, 6) is 0.371. The van der Waals surface area contributed by atoms with Crippen molar-refractivity contribution in [3.05, 3.63) is 99.1 Å². The number of carbonyl (C=O) groups is 2. The van der Waals surface area contributed by atoms with Crippen LogP contribution in [0.25, 0.3) is 0 Å². The Balaban J connectivity index is 0.00000420. The molecule has 0 heterocycles. The fourth-order valence-electron chi connectivity index (χ4n) is 3.97. The summed E-state index contributed by atoms with van der Waals surface area (Å²) in [5.41, 5.74) is 2.29. The number of amidine groups is 2. The zero-order valence-corrected chi connectivity index (χ0v) is 25.2. The van der Waals surface area contributed by atoms with Gasteiger partial charge in [-0.1, -0.05) is 0 Å². The van der Waals surface area contributed by atoms with E-state index in [9.17, 15) is 19.7 Å². The first-order chi connectivity index (χ1) is 18.5. The maximum Gasteiger partial charge on any atom is 0.271 e. The lowest BCUT2D eigenvalue weighted by Gasteiger charge is -2.16. The molecule has 218 valence electrons. The third-order valence-corrected chi connectivity index (χ3v) is 5.73. The van der Waals surface area contributed by atoms with Crippen LogP contribution in [-0.2, 0) is 0 Å². The second-order valence-corrected chi connectivity index (χ2v) is 8.97. The lowest BCUT2D eigenvalue weighted by Crippen LogP contribution is -2.23. The third-order valence-electron chi connectivity index (χ3n) is 5.73. The standard InChI is InChI=1S/C28H31N7O4.2ClH/c1-29-25(33(3)4)18-7-11-22(12-8-18)31-27(36)20-15-21(17-24(16-20)35(38)39)28(37)32-23-13-9-19(10-14-23)26(30-2)34(5)6;;/h7-17H,1-6H3,(H,31,36)(H,32,37);2*1H. The molecular formula is C28H33Cl2N7O4. The maximum absolute atomic E-state index is 13.0. The van der Waals surface area contributed by atoms with Gasteiger partial charge in [0.15, 0.2) is 0 Å². The van der Waals surface area contributed by atoms with Crippen molar-refractivity contribution in [3.8, 4) is 0 Å². The van der Waals surface area contributed by atoms with Crippen molar-refractivity contribution in [1.29, 1.82) is 0 Å². The summed E-state index contributed by atoms with van der Waals surface area (Å²) < 4.78 is 0. The van der Waals surface area contributed by atoms with E-state index in [4.69, 9.17) is 0 Å². The normalized spacial score (nSPS) is 11.0. The number of hydrogen-bond acceptors (Lipinski definition) is 6. The van der Waals surface area contributed by atoms with E-state index in [2.05, 4.69) is 20.6 Å². The van der Waals surface area contributed by atoms with Crippen LogP contribution in [0.4, 0.5) is 17.1 Å². The molecular weight excluding hydrogens is 569 g/mol. The molecule has 0 aliphatic carbocycles. The Bertz CT molecular complexity index is 1340. The molecule has 0 spiro atoms. The van der Waals surface area contributed by atoms with E-state index in [-0.39, 0.29) is 41.6 Å². The third kappa shape index (κ3) is 8.75. The van der Waals surface area contributed by atoms with Gasteiger partial charge in [0.2, 0.25) is 0 Å². The SMILES string of the molecule is CN=C(c1ccc(NC(=O)c2cc(C(=O)Nc3ccc(C(=NC)N(C)C)cc3)cc([N+](=O)[O-])c2)cc1)N(C)C.Cl.Cl. The summed E-state index contributed by atoms with van der Waals surface area (Å²) in [6.45, 7) is 0. The van der Waals surface area contributed by atoms with Crippen LogP contribution in [0.1, 0.15) is 31.8 Å². The van der Waals surface area contributed by atoms with Crippen molar-refractivity contribution in [2.24, 2.45) is 9.98 Å². The van der Waals surface area contributed by atoms with Crippen LogP contribution in [-0.4, -0.2) is 80.5 Å². The molecule has 13 heteroatoms. The summed E-state index contributed by atoms with van der Waals surface area (Å²) in [6.07, 6.45) is 0. The number of anilines is 2. The maximum atomic E-state index is 13.0. The van der Waals surface area contributed by atoms with Crippen molar-refractivity contribution in [3.63, 3.8) is 0 Å². The van der Waals surface area contributed by atoms with Gasteiger partial charge in [-0.25, -0.2) is 0 Å². The van der Waals surface area contributed by atoms with E-state index in [1.165, 1.54) is 6.07 Å². The minimum atomic E-state index is -0.642. The molecule has 0 aliphatic rings. The smallest absolute Gasteiger partial charge is 0.271 e. The molecule has 2 amide bonds. The van der Waals surface area contributed by atoms with Crippen LogP contribution in [0, 0.1) is 10.1 Å². The molecule has 3 aromatic rings. The number of hydrogen-bond donors (Lipinski definition) is 2. The van der Waals surface area contributed by atoms with Crippen molar-refractivity contribution in [1.82, 2.24) is 9.80 Å². The Morgan fingerprint density at radius 1 is 0.659 bits per heavy atom. The number of benzene rings is 3. The van der Waals surface area contributed by atoms with Gasteiger partial charge in [0.25, 0.3) is 17.5 Å². The molecule has 2 N–H and O–H groups in total. The highest BCUT2D eigenvalue weighted by molar-refractivity contribution is 6.10. The number of rotatable bonds is 7. The molecule has 0 bridgehead atoms. The van der Waals surface area contributed by atoms with Crippen molar-refractivity contribution >= 4 is 65.4 Å². The zero-order chi connectivity index (χ0) is 28.7. The summed E-state index contributed by atoms with van der Waals surface area (Å²) in [7, 11) is 10.9. The van der Waals surface area contributed by atoms with E-state index < -0.39 is 16.7 Å². The minimum absolute atomic E-state index is 0. The summed E-state index contributed by atoms with van der Waals surface area (Å²) in [5, 5.41) is 17.0. The molecule has 0 radical (unpaired) electrons. The molecule has 41 heavy (non-hydrogen) atoms. The lowest BCUT2D eigenvalue weighted by molar-refractivity contribution is -0.384. The number of nitro benzene ring substituents is 1. The van der Waals surface area contributed by atoms with Crippen molar-refractivity contribution < 1.29 is 14.5 Å². The largest absolute Gasteiger partial charge is 0.363 e. The minimum Gasteiger partial charge on any atom is -0.363 e. The topological polar surface area (TPSA) is 133 Å². The van der Waals surface area contributed by atoms with Gasteiger partial charge in [0.1, 0.15) is 11.7 Å². The van der Waals surface area contributed by atoms with Gasteiger partial charge in [-0.05, 0) is 54.6 Å². The quantitative estimate of drug-likeness (QED) is 0.173. The van der Waals surface area contributed by atoms with Gasteiger partial charge in [-0.15, -0.1) is 24.8 Å². The summed E-state index contributed by atoms with van der Waals surface area (Å²) in [6, 6.07) is 17.7. The Kier molecular flexibility index (Phi) is 12.9. The molecule has 3 aromatic carbocycles. The van der Waals surface area contributed by atoms with Crippen LogP contribution in [0.15, 0.2) is 76.7 Å². The van der Waals surface area contributed by atoms with Crippen LogP contribution >= 0.6 is 24.8 Å². The van der Waals surface area contributed by atoms with Crippen LogP contribution < -0.4 is 10.6 Å². The number of aliphatic imine (C=N–C) groups is 2. The number of carbonyl (C=O) groups excluding carboxylic acids is 2. The molecule has 3 rings (SSSR count). The van der Waals surface area contributed by atoms with Crippen LogP contribution in [0.5, 0.6) is 0 Å². The van der Waals surface area contributed by atoms with Crippen molar-refractivity contribution in [2.45, 2.75) is 0 Å². The molecule has 0 fully saturated rings. The first kappa shape index (κ1) is 34.5.